The van der Waals surface area contributed by atoms with Crippen LogP contribution >= 0.6 is 0 Å². The topological polar surface area (TPSA) is 70.2 Å². The number of nitrogens with one attached hydrogen (secondary N) is 2. The Morgan fingerprint density at radius 1 is 1.24 bits per heavy atom. The molecule has 1 aromatic rings. The molecule has 1 amide bonds. The van der Waals surface area contributed by atoms with Crippen LogP contribution in [0.4, 0.5) is 0 Å². The molecule has 2 saturated heterocycles. The van der Waals surface area contributed by atoms with Gasteiger partial charge in [0.05, 0.1) is 5.69 Å². The number of amides is 1. The normalized spacial score (nSPS) is 28.4. The zero-order valence-corrected chi connectivity index (χ0v) is 15.4. The molecule has 25 heavy (non-hydrogen) atoms. The third-order valence-electron chi connectivity index (χ3n) is 6.25. The van der Waals surface area contributed by atoms with Gasteiger partial charge in [0.25, 0.3) is 0 Å². The maximum Gasteiger partial charge on any atom is 0.223 e. The van der Waals surface area contributed by atoms with Crippen LogP contribution in [0, 0.1) is 31.6 Å². The van der Waals surface area contributed by atoms with Crippen molar-refractivity contribution in [3.8, 4) is 0 Å². The molecule has 2 atom stereocenters. The minimum Gasteiger partial charge on any atom is -0.381 e. The minimum atomic E-state index is 0.140. The summed E-state index contributed by atoms with van der Waals surface area (Å²) < 4.78 is 5.39. The Morgan fingerprint density at radius 3 is 2.64 bits per heavy atom. The second kappa shape index (κ2) is 7.08. The maximum absolute atomic E-state index is 12.7. The Morgan fingerprint density at radius 2 is 2.00 bits per heavy atom. The van der Waals surface area contributed by atoms with Crippen LogP contribution < -0.4 is 5.32 Å². The third kappa shape index (κ3) is 3.75. The van der Waals surface area contributed by atoms with E-state index in [0.717, 1.165) is 63.0 Å². The van der Waals surface area contributed by atoms with E-state index in [1.807, 2.05) is 0 Å². The van der Waals surface area contributed by atoms with Gasteiger partial charge in [-0.1, -0.05) is 0 Å². The van der Waals surface area contributed by atoms with Gasteiger partial charge >= 0.3 is 0 Å². The lowest BCUT2D eigenvalue weighted by molar-refractivity contribution is -0.128. The standard InChI is InChI=1S/C19H30N4O2/c1-12-16(13(2)22-21-12)9-23-10-17(14-3-4-14)18(11-23)20-19(24)15-5-7-25-8-6-15/h14-15,17-18H,3-11H2,1-2H3,(H,20,24)(H,21,22). The van der Waals surface area contributed by atoms with Crippen molar-refractivity contribution < 1.29 is 9.53 Å². The smallest absolute Gasteiger partial charge is 0.223 e. The Kier molecular flexibility index (Phi) is 4.82. The van der Waals surface area contributed by atoms with Crippen LogP contribution in [0.3, 0.4) is 0 Å². The molecule has 6 heteroatoms. The molecule has 3 fully saturated rings. The van der Waals surface area contributed by atoms with Crippen molar-refractivity contribution in [2.24, 2.45) is 17.8 Å². The van der Waals surface area contributed by atoms with E-state index < -0.39 is 0 Å². The number of aryl methyl sites for hydroxylation is 2. The summed E-state index contributed by atoms with van der Waals surface area (Å²) in [6, 6.07) is 0.301. The summed E-state index contributed by atoms with van der Waals surface area (Å²) in [6.45, 7) is 8.58. The van der Waals surface area contributed by atoms with Gasteiger partial charge in [-0.15, -0.1) is 0 Å². The van der Waals surface area contributed by atoms with Crippen molar-refractivity contribution in [3.05, 3.63) is 17.0 Å². The SMILES string of the molecule is Cc1n[nH]c(C)c1CN1CC(NC(=O)C2CCOCC2)C(C2CC2)C1. The zero-order valence-electron chi connectivity index (χ0n) is 15.4. The molecule has 3 heterocycles. The molecular formula is C19H30N4O2. The summed E-state index contributed by atoms with van der Waals surface area (Å²) >= 11 is 0. The van der Waals surface area contributed by atoms with Crippen LogP contribution in [-0.2, 0) is 16.1 Å². The van der Waals surface area contributed by atoms with Gasteiger partial charge in [0.2, 0.25) is 5.91 Å². The van der Waals surface area contributed by atoms with Gasteiger partial charge in [0.1, 0.15) is 0 Å². The fourth-order valence-electron chi connectivity index (χ4n) is 4.49. The fourth-order valence-corrected chi connectivity index (χ4v) is 4.49. The number of H-pyrrole nitrogens is 1. The van der Waals surface area contributed by atoms with Gasteiger partial charge in [-0.2, -0.15) is 5.10 Å². The van der Waals surface area contributed by atoms with Gasteiger partial charge in [0, 0.05) is 56.1 Å². The molecule has 2 N–H and O–H groups in total. The number of nitrogens with zero attached hydrogens (tertiary/aromatic N) is 2. The summed E-state index contributed by atoms with van der Waals surface area (Å²) in [5.74, 6) is 1.80. The van der Waals surface area contributed by atoms with Crippen LogP contribution in [0.5, 0.6) is 0 Å². The van der Waals surface area contributed by atoms with Crippen LogP contribution in [0.15, 0.2) is 0 Å². The molecule has 3 aliphatic rings. The van der Waals surface area contributed by atoms with Gasteiger partial charge in [-0.3, -0.25) is 14.8 Å². The minimum absolute atomic E-state index is 0.140. The van der Waals surface area contributed by atoms with Gasteiger partial charge in [0.15, 0.2) is 0 Å². The van der Waals surface area contributed by atoms with Gasteiger partial charge in [-0.25, -0.2) is 0 Å². The van der Waals surface area contributed by atoms with Crippen molar-refractivity contribution in [1.29, 1.82) is 0 Å². The zero-order chi connectivity index (χ0) is 17.4. The first-order valence-electron chi connectivity index (χ1n) is 9.72. The van der Waals surface area contributed by atoms with E-state index in [2.05, 4.69) is 34.3 Å². The molecule has 0 radical (unpaired) electrons. The number of hydrogen-bond donors (Lipinski definition) is 2. The van der Waals surface area contributed by atoms with Crippen LogP contribution in [0.1, 0.15) is 42.6 Å². The van der Waals surface area contributed by atoms with E-state index in [-0.39, 0.29) is 11.8 Å². The number of hydrogen-bond acceptors (Lipinski definition) is 4. The molecule has 2 aliphatic heterocycles. The third-order valence-corrected chi connectivity index (χ3v) is 6.25. The number of aromatic amines is 1. The number of aromatic nitrogens is 2. The number of likely N-dealkylation sites (tertiary alicyclic amines) is 1. The first kappa shape index (κ1) is 17.0. The second-order valence-corrected chi connectivity index (χ2v) is 8.11. The molecule has 0 aromatic carbocycles. The van der Waals surface area contributed by atoms with E-state index in [1.54, 1.807) is 0 Å². The van der Waals surface area contributed by atoms with Crippen LogP contribution in [0.25, 0.3) is 0 Å². The fraction of sp³-hybridized carbons (Fsp3) is 0.789. The van der Waals surface area contributed by atoms with Crippen molar-refractivity contribution in [1.82, 2.24) is 20.4 Å². The van der Waals surface area contributed by atoms with Crippen molar-refractivity contribution >= 4 is 5.91 Å². The summed E-state index contributed by atoms with van der Waals surface area (Å²) in [5.41, 5.74) is 3.57. The predicted octanol–water partition coefficient (Wildman–Crippen LogP) is 1.78. The first-order valence-corrected chi connectivity index (χ1v) is 9.72. The van der Waals surface area contributed by atoms with Crippen LogP contribution in [-0.4, -0.2) is 53.3 Å². The van der Waals surface area contributed by atoms with Gasteiger partial charge < -0.3 is 10.1 Å². The molecule has 6 nitrogen and oxygen atoms in total. The van der Waals surface area contributed by atoms with E-state index in [4.69, 9.17) is 4.74 Å². The monoisotopic (exact) mass is 346 g/mol. The molecule has 1 aromatic heterocycles. The number of carbonyl (C=O) groups excluding carboxylic acids is 1. The lowest BCUT2D eigenvalue weighted by Gasteiger charge is -2.25. The van der Waals surface area contributed by atoms with E-state index in [9.17, 15) is 4.79 Å². The van der Waals surface area contributed by atoms with Crippen molar-refractivity contribution in [2.45, 2.75) is 52.1 Å². The first-order chi connectivity index (χ1) is 12.1. The van der Waals surface area contributed by atoms with Crippen LogP contribution in [0.2, 0.25) is 0 Å². The highest BCUT2D eigenvalue weighted by molar-refractivity contribution is 5.79. The highest BCUT2D eigenvalue weighted by Gasteiger charge is 2.43. The number of rotatable bonds is 5. The average Bonchev–Trinajstić information content (AvgIpc) is 3.33. The molecule has 0 spiro atoms. The van der Waals surface area contributed by atoms with E-state index in [0.29, 0.717) is 12.0 Å². The summed E-state index contributed by atoms with van der Waals surface area (Å²) in [4.78, 5) is 15.2. The Hall–Kier alpha value is -1.40. The molecule has 1 aliphatic carbocycles. The molecule has 1 saturated carbocycles. The average molecular weight is 346 g/mol. The lowest BCUT2D eigenvalue weighted by atomic mass is 9.95. The molecule has 138 valence electrons. The summed E-state index contributed by atoms with van der Waals surface area (Å²) in [7, 11) is 0. The Balaban J connectivity index is 1.39. The summed E-state index contributed by atoms with van der Waals surface area (Å²) in [5, 5.41) is 10.8. The number of carbonyl (C=O) groups is 1. The quantitative estimate of drug-likeness (QED) is 0.853. The molecular weight excluding hydrogens is 316 g/mol. The molecule has 4 rings (SSSR count). The largest absolute Gasteiger partial charge is 0.381 e. The predicted molar refractivity (Wildman–Crippen MR) is 95.0 cm³/mol. The van der Waals surface area contributed by atoms with Crippen molar-refractivity contribution in [3.63, 3.8) is 0 Å². The van der Waals surface area contributed by atoms with E-state index >= 15 is 0 Å². The van der Waals surface area contributed by atoms with Gasteiger partial charge in [-0.05, 0) is 51.4 Å². The highest BCUT2D eigenvalue weighted by Crippen LogP contribution is 2.42. The second-order valence-electron chi connectivity index (χ2n) is 8.11. The summed E-state index contributed by atoms with van der Waals surface area (Å²) in [6.07, 6.45) is 4.38. The molecule has 0 bridgehead atoms. The Bertz CT molecular complexity index is 599. The highest BCUT2D eigenvalue weighted by atomic mass is 16.5. The number of ether oxygens (including phenoxy) is 1. The molecule has 2 unspecified atom stereocenters. The van der Waals surface area contributed by atoms with Crippen molar-refractivity contribution in [2.75, 3.05) is 26.3 Å². The maximum atomic E-state index is 12.7. The van der Waals surface area contributed by atoms with E-state index in [1.165, 1.54) is 18.4 Å². The Labute approximate surface area is 149 Å². The lowest BCUT2D eigenvalue weighted by Crippen LogP contribution is -2.45.